The van der Waals surface area contributed by atoms with Crippen molar-refractivity contribution in [3.63, 3.8) is 0 Å². The van der Waals surface area contributed by atoms with E-state index < -0.39 is 46.1 Å². The molecule has 2 aliphatic rings. The number of fused-ring (bicyclic) bond motifs is 3. The van der Waals surface area contributed by atoms with E-state index in [0.29, 0.717) is 18.4 Å². The van der Waals surface area contributed by atoms with Gasteiger partial charge in [0, 0.05) is 18.2 Å². The molecule has 10 nitrogen and oxygen atoms in total. The molecule has 0 aromatic heterocycles. The zero-order valence-electron chi connectivity index (χ0n) is 23.5. The number of hydrogen-bond donors (Lipinski definition) is 1. The Balaban J connectivity index is 1.36. The molecule has 1 N–H and O–H groups in total. The molecule has 0 spiro atoms. The maximum atomic E-state index is 12.6. The quantitative estimate of drug-likeness (QED) is 0.245. The van der Waals surface area contributed by atoms with E-state index in [1.165, 1.54) is 16.7 Å². The molecule has 3 atom stereocenters. The predicted octanol–water partition coefficient (Wildman–Crippen LogP) is 5.54. The molecule has 214 valence electrons. The van der Waals surface area contributed by atoms with Crippen LogP contribution < -0.4 is 5.32 Å². The van der Waals surface area contributed by atoms with Crippen molar-refractivity contribution in [2.24, 2.45) is 11.3 Å². The van der Waals surface area contributed by atoms with Crippen LogP contribution in [0.3, 0.4) is 0 Å². The maximum Gasteiger partial charge on any atom is 0.311 e. The van der Waals surface area contributed by atoms with Crippen LogP contribution in [0.5, 0.6) is 0 Å². The molecule has 0 heterocycles. The van der Waals surface area contributed by atoms with Crippen molar-refractivity contribution < 1.29 is 24.2 Å². The van der Waals surface area contributed by atoms with E-state index in [-0.39, 0.29) is 16.4 Å². The lowest BCUT2D eigenvalue weighted by atomic mass is 9.49. The van der Waals surface area contributed by atoms with Crippen molar-refractivity contribution in [3.05, 3.63) is 78.9 Å². The van der Waals surface area contributed by atoms with E-state index in [1.807, 2.05) is 0 Å². The third kappa shape index (κ3) is 5.85. The number of nitrogens with zero attached hydrogens (tertiary/aromatic N) is 2. The number of nitrogens with one attached hydrogen (secondary N) is 1. The molecule has 40 heavy (non-hydrogen) atoms. The van der Waals surface area contributed by atoms with Gasteiger partial charge in [0.25, 0.3) is 17.3 Å². The highest BCUT2D eigenvalue weighted by molar-refractivity contribution is 5.81. The fourth-order valence-electron chi connectivity index (χ4n) is 6.90. The maximum absolute atomic E-state index is 12.6. The second-order valence-electron chi connectivity index (χ2n) is 12.0. The van der Waals surface area contributed by atoms with Gasteiger partial charge in [-0.3, -0.25) is 29.8 Å². The number of carbonyl (C=O) groups excluding carboxylic acids is 2. The minimum atomic E-state index is -0.826. The van der Waals surface area contributed by atoms with Crippen molar-refractivity contribution in [2.45, 2.75) is 77.6 Å². The molecule has 1 saturated carbocycles. The zero-order chi connectivity index (χ0) is 29.2. The summed E-state index contributed by atoms with van der Waals surface area (Å²) in [5, 5.41) is 25.2. The van der Waals surface area contributed by atoms with Gasteiger partial charge in [-0.15, -0.1) is 0 Å². The zero-order valence-corrected chi connectivity index (χ0v) is 23.5. The van der Waals surface area contributed by atoms with Crippen LogP contribution in [-0.4, -0.2) is 34.9 Å². The lowest BCUT2D eigenvalue weighted by Gasteiger charge is -2.55. The minimum Gasteiger partial charge on any atom is -0.455 e. The van der Waals surface area contributed by atoms with Crippen LogP contribution in [0.1, 0.15) is 81.5 Å². The smallest absolute Gasteiger partial charge is 0.311 e. The van der Waals surface area contributed by atoms with E-state index in [9.17, 15) is 29.8 Å². The molecular formula is C30H37N3O7. The van der Waals surface area contributed by atoms with Gasteiger partial charge < -0.3 is 10.1 Å². The number of carbonyl (C=O) groups is 2. The van der Waals surface area contributed by atoms with E-state index in [2.05, 4.69) is 51.2 Å². The topological polar surface area (TPSA) is 142 Å². The van der Waals surface area contributed by atoms with Gasteiger partial charge in [-0.05, 0) is 71.1 Å². The fourth-order valence-corrected chi connectivity index (χ4v) is 6.90. The molecule has 10 heteroatoms. The fraction of sp³-hybridized carbons (Fsp3) is 0.533. The monoisotopic (exact) mass is 551 g/mol. The summed E-state index contributed by atoms with van der Waals surface area (Å²) in [6.45, 7) is 9.00. The Kier molecular flexibility index (Phi) is 8.28. The number of ether oxygens (including phenoxy) is 1. The molecule has 1 fully saturated rings. The van der Waals surface area contributed by atoms with Crippen LogP contribution >= 0.6 is 0 Å². The Bertz CT molecular complexity index is 1340. The van der Waals surface area contributed by atoms with E-state index in [0.717, 1.165) is 50.3 Å². The van der Waals surface area contributed by atoms with Crippen LogP contribution in [0.15, 0.2) is 36.4 Å². The number of rotatable bonds is 9. The molecular weight excluding hydrogens is 514 g/mol. The summed E-state index contributed by atoms with van der Waals surface area (Å²) in [5.74, 6) is -0.372. The summed E-state index contributed by atoms with van der Waals surface area (Å²) in [7, 11) is 0. The molecule has 0 bridgehead atoms. The lowest BCUT2D eigenvalue weighted by molar-refractivity contribution is -0.394. The van der Waals surface area contributed by atoms with Gasteiger partial charge in [0.15, 0.2) is 6.61 Å². The van der Waals surface area contributed by atoms with Gasteiger partial charge in [0.05, 0.1) is 22.3 Å². The Morgan fingerprint density at radius 2 is 1.82 bits per heavy atom. The average Bonchev–Trinajstić information content (AvgIpc) is 2.90. The molecule has 0 radical (unpaired) electrons. The highest BCUT2D eigenvalue weighted by atomic mass is 16.6. The van der Waals surface area contributed by atoms with Crippen molar-refractivity contribution in [2.75, 3.05) is 13.2 Å². The molecule has 2 aromatic carbocycles. The van der Waals surface area contributed by atoms with Gasteiger partial charge >= 0.3 is 5.97 Å². The molecule has 0 aliphatic heterocycles. The van der Waals surface area contributed by atoms with Crippen molar-refractivity contribution in [3.8, 4) is 0 Å². The summed E-state index contributed by atoms with van der Waals surface area (Å²) in [6, 6.07) is 9.99. The SMILES string of the molecule is CC(C)c1ccc2c(c1)CCC1C(C)(CNC(=O)COC(=O)Cc3ccc([N+](=O)[O-])cc3[N+](=O)[O-])CCCC21C. The first kappa shape index (κ1) is 29.2. The van der Waals surface area contributed by atoms with Crippen LogP contribution in [0.4, 0.5) is 11.4 Å². The molecule has 3 unspecified atom stereocenters. The van der Waals surface area contributed by atoms with E-state index in [1.54, 1.807) is 0 Å². The second-order valence-corrected chi connectivity index (χ2v) is 12.0. The number of hydrogen-bond acceptors (Lipinski definition) is 7. The van der Waals surface area contributed by atoms with Gasteiger partial charge in [-0.2, -0.15) is 0 Å². The van der Waals surface area contributed by atoms with Crippen LogP contribution in [0.2, 0.25) is 0 Å². The highest BCUT2D eigenvalue weighted by Crippen LogP contribution is 2.57. The number of esters is 1. The summed E-state index contributed by atoms with van der Waals surface area (Å²) in [4.78, 5) is 45.7. The number of nitro benzene ring substituents is 2. The van der Waals surface area contributed by atoms with E-state index >= 15 is 0 Å². The largest absolute Gasteiger partial charge is 0.455 e. The molecule has 4 rings (SSSR count). The van der Waals surface area contributed by atoms with Gasteiger partial charge in [0.2, 0.25) is 0 Å². The van der Waals surface area contributed by atoms with Crippen molar-refractivity contribution in [1.29, 1.82) is 0 Å². The summed E-state index contributed by atoms with van der Waals surface area (Å²) < 4.78 is 5.09. The van der Waals surface area contributed by atoms with Crippen LogP contribution in [0, 0.1) is 31.6 Å². The molecule has 1 amide bonds. The number of benzene rings is 2. The number of amides is 1. The first-order valence-electron chi connectivity index (χ1n) is 13.8. The summed E-state index contributed by atoms with van der Waals surface area (Å²) in [6.07, 6.45) is 4.77. The molecule has 0 saturated heterocycles. The van der Waals surface area contributed by atoms with Crippen molar-refractivity contribution in [1.82, 2.24) is 5.32 Å². The van der Waals surface area contributed by atoms with Gasteiger partial charge in [-0.25, -0.2) is 0 Å². The second kappa shape index (κ2) is 11.3. The third-order valence-corrected chi connectivity index (χ3v) is 9.03. The van der Waals surface area contributed by atoms with Crippen LogP contribution in [-0.2, 0) is 32.6 Å². The number of nitro groups is 2. The van der Waals surface area contributed by atoms with E-state index in [4.69, 9.17) is 4.74 Å². The normalized spacial score (nSPS) is 23.6. The Labute approximate surface area is 233 Å². The third-order valence-electron chi connectivity index (χ3n) is 9.03. The van der Waals surface area contributed by atoms with Gasteiger partial charge in [-0.1, -0.05) is 52.3 Å². The Morgan fingerprint density at radius 3 is 2.50 bits per heavy atom. The first-order valence-corrected chi connectivity index (χ1v) is 13.8. The minimum absolute atomic E-state index is 0.0203. The average molecular weight is 552 g/mol. The standard InChI is InChI=1S/C30H37N3O7/c1-19(2)20-7-10-24-21(14-20)8-11-26-29(3,12-5-13-30(24,26)4)18-31-27(34)17-40-28(35)15-22-6-9-23(32(36)37)16-25(22)33(38)39/h6-7,9-10,14,16,19,26H,5,8,11-13,15,17-18H2,1-4H3,(H,31,34). The Morgan fingerprint density at radius 1 is 1.07 bits per heavy atom. The number of non-ortho nitro benzene ring substituents is 1. The van der Waals surface area contributed by atoms with Gasteiger partial charge in [0.1, 0.15) is 0 Å². The van der Waals surface area contributed by atoms with Crippen molar-refractivity contribution >= 4 is 23.3 Å². The summed E-state index contributed by atoms with van der Waals surface area (Å²) >= 11 is 0. The Hall–Kier alpha value is -3.82. The number of aryl methyl sites for hydroxylation is 1. The predicted molar refractivity (Wildman–Crippen MR) is 149 cm³/mol. The van der Waals surface area contributed by atoms with Crippen LogP contribution in [0.25, 0.3) is 0 Å². The molecule has 2 aliphatic carbocycles. The summed E-state index contributed by atoms with van der Waals surface area (Å²) in [5.41, 5.74) is 3.15. The first-order chi connectivity index (χ1) is 18.8. The molecule has 2 aromatic rings. The highest BCUT2D eigenvalue weighted by Gasteiger charge is 2.51. The lowest BCUT2D eigenvalue weighted by Crippen LogP contribution is -2.53.